The van der Waals surface area contributed by atoms with E-state index >= 15 is 0 Å². The second-order valence-electron chi connectivity index (χ2n) is 7.74. The average Bonchev–Trinajstić information content (AvgIpc) is 3.28. The van der Waals surface area contributed by atoms with Crippen molar-refractivity contribution >= 4 is 17.8 Å². The Balaban J connectivity index is 1.56. The van der Waals surface area contributed by atoms with Crippen molar-refractivity contribution < 1.29 is 19.0 Å². The standard InChI is InChI=1S/C23H35N7O4/c1-32-19-7-5-18(6-8-19)21-27-22(25-10-3-13-30-12-2-4-20(30)31)29-23(28-21)26-11-15-34-17-16-33-14-9-24/h5-8H,2-4,9-17,24H2,1H3,(H2,25,26,27,28,29). The SMILES string of the molecule is COc1ccc(-c2nc(NCCCN3CCCC3=O)nc(NCCOCCOCCN)n2)cc1. The van der Waals surface area contributed by atoms with E-state index in [2.05, 4.69) is 25.6 Å². The van der Waals surface area contributed by atoms with E-state index < -0.39 is 0 Å². The number of carbonyl (C=O) groups is 1. The van der Waals surface area contributed by atoms with Gasteiger partial charge in [0.1, 0.15) is 5.75 Å². The summed E-state index contributed by atoms with van der Waals surface area (Å²) >= 11 is 0. The lowest BCUT2D eigenvalue weighted by Gasteiger charge is -2.15. The normalized spacial score (nSPS) is 13.4. The molecule has 11 heteroatoms. The van der Waals surface area contributed by atoms with Crippen molar-refractivity contribution in [2.45, 2.75) is 19.3 Å². The van der Waals surface area contributed by atoms with Crippen molar-refractivity contribution in [1.29, 1.82) is 0 Å². The molecule has 0 bridgehead atoms. The van der Waals surface area contributed by atoms with Gasteiger partial charge in [0.25, 0.3) is 0 Å². The van der Waals surface area contributed by atoms with Crippen molar-refractivity contribution in [3.63, 3.8) is 0 Å². The van der Waals surface area contributed by atoms with Crippen LogP contribution in [-0.2, 0) is 14.3 Å². The molecule has 186 valence electrons. The zero-order chi connectivity index (χ0) is 24.0. The Morgan fingerprint density at radius 2 is 1.68 bits per heavy atom. The fraction of sp³-hybridized carbons (Fsp3) is 0.565. The number of ether oxygens (including phenoxy) is 3. The van der Waals surface area contributed by atoms with Crippen molar-refractivity contribution in [1.82, 2.24) is 19.9 Å². The van der Waals surface area contributed by atoms with Crippen LogP contribution in [0, 0.1) is 0 Å². The molecule has 2 heterocycles. The molecule has 1 saturated heterocycles. The maximum atomic E-state index is 11.8. The smallest absolute Gasteiger partial charge is 0.228 e. The molecule has 0 aliphatic carbocycles. The highest BCUT2D eigenvalue weighted by molar-refractivity contribution is 5.78. The third kappa shape index (κ3) is 8.40. The number of likely N-dealkylation sites (tertiary alicyclic amines) is 1. The van der Waals surface area contributed by atoms with Crippen molar-refractivity contribution in [2.24, 2.45) is 5.73 Å². The van der Waals surface area contributed by atoms with Gasteiger partial charge in [-0.15, -0.1) is 0 Å². The minimum absolute atomic E-state index is 0.238. The number of hydrogen-bond donors (Lipinski definition) is 3. The van der Waals surface area contributed by atoms with Gasteiger partial charge in [-0.25, -0.2) is 0 Å². The molecule has 0 saturated carbocycles. The first-order chi connectivity index (χ1) is 16.7. The van der Waals surface area contributed by atoms with Crippen LogP contribution in [0.1, 0.15) is 19.3 Å². The summed E-state index contributed by atoms with van der Waals surface area (Å²) in [5, 5.41) is 6.46. The largest absolute Gasteiger partial charge is 0.497 e. The zero-order valence-corrected chi connectivity index (χ0v) is 19.8. The maximum absolute atomic E-state index is 11.8. The highest BCUT2D eigenvalue weighted by atomic mass is 16.5. The van der Waals surface area contributed by atoms with E-state index in [0.29, 0.717) is 70.2 Å². The number of rotatable bonds is 16. The van der Waals surface area contributed by atoms with Gasteiger partial charge in [0, 0.05) is 44.7 Å². The number of hydrogen-bond acceptors (Lipinski definition) is 10. The van der Waals surface area contributed by atoms with Crippen LogP contribution in [0.5, 0.6) is 5.75 Å². The summed E-state index contributed by atoms with van der Waals surface area (Å²) < 4.78 is 16.1. The number of carbonyl (C=O) groups excluding carboxylic acids is 1. The third-order valence-electron chi connectivity index (χ3n) is 5.21. The van der Waals surface area contributed by atoms with Gasteiger partial charge >= 0.3 is 0 Å². The second-order valence-corrected chi connectivity index (χ2v) is 7.74. The first-order valence-electron chi connectivity index (χ1n) is 11.7. The van der Waals surface area contributed by atoms with Gasteiger partial charge in [-0.05, 0) is 37.1 Å². The first-order valence-corrected chi connectivity index (χ1v) is 11.7. The van der Waals surface area contributed by atoms with Gasteiger partial charge in [-0.1, -0.05) is 0 Å². The predicted octanol–water partition coefficient (Wildman–Crippen LogP) is 1.38. The summed E-state index contributed by atoms with van der Waals surface area (Å²) in [6, 6.07) is 7.55. The topological polar surface area (TPSA) is 137 Å². The van der Waals surface area contributed by atoms with Crippen molar-refractivity contribution in [3.05, 3.63) is 24.3 Å². The van der Waals surface area contributed by atoms with Crippen LogP contribution in [0.15, 0.2) is 24.3 Å². The molecule has 4 N–H and O–H groups in total. The van der Waals surface area contributed by atoms with Crippen LogP contribution < -0.4 is 21.1 Å². The fourth-order valence-electron chi connectivity index (χ4n) is 3.45. The maximum Gasteiger partial charge on any atom is 0.228 e. The number of nitrogens with one attached hydrogen (secondary N) is 2. The minimum Gasteiger partial charge on any atom is -0.497 e. The molecule has 0 radical (unpaired) electrons. The van der Waals surface area contributed by atoms with Crippen LogP contribution in [0.4, 0.5) is 11.9 Å². The van der Waals surface area contributed by atoms with Gasteiger partial charge in [0.2, 0.25) is 17.8 Å². The van der Waals surface area contributed by atoms with Gasteiger partial charge in [0.05, 0.1) is 33.5 Å². The predicted molar refractivity (Wildman–Crippen MR) is 130 cm³/mol. The van der Waals surface area contributed by atoms with Gasteiger partial charge in [0.15, 0.2) is 5.82 Å². The molecule has 3 rings (SSSR count). The number of anilines is 2. The Labute approximate surface area is 200 Å². The molecule has 2 aromatic rings. The molecule has 11 nitrogen and oxygen atoms in total. The fourth-order valence-corrected chi connectivity index (χ4v) is 3.45. The molecule has 1 aliphatic heterocycles. The second kappa shape index (κ2) is 14.3. The molecule has 1 aromatic heterocycles. The zero-order valence-electron chi connectivity index (χ0n) is 19.8. The molecule has 0 unspecified atom stereocenters. The summed E-state index contributed by atoms with van der Waals surface area (Å²) in [5.74, 6) is 2.49. The Hall–Kier alpha value is -3.02. The molecule has 1 aromatic carbocycles. The van der Waals surface area contributed by atoms with E-state index in [0.717, 1.165) is 37.2 Å². The van der Waals surface area contributed by atoms with Crippen LogP contribution in [0.3, 0.4) is 0 Å². The molecule has 1 aliphatic rings. The lowest BCUT2D eigenvalue weighted by atomic mass is 10.2. The van der Waals surface area contributed by atoms with Crippen molar-refractivity contribution in [2.75, 3.05) is 76.9 Å². The summed E-state index contributed by atoms with van der Waals surface area (Å²) in [7, 11) is 1.63. The molecule has 0 atom stereocenters. The third-order valence-corrected chi connectivity index (χ3v) is 5.21. The summed E-state index contributed by atoms with van der Waals surface area (Å²) in [6.45, 7) is 5.32. The van der Waals surface area contributed by atoms with Crippen LogP contribution >= 0.6 is 0 Å². The van der Waals surface area contributed by atoms with E-state index in [-0.39, 0.29) is 5.91 Å². The minimum atomic E-state index is 0.238. The first kappa shape index (κ1) is 25.6. The highest BCUT2D eigenvalue weighted by Gasteiger charge is 2.19. The molecular weight excluding hydrogens is 438 g/mol. The summed E-state index contributed by atoms with van der Waals surface area (Å²) in [6.07, 6.45) is 2.42. The average molecular weight is 474 g/mol. The van der Waals surface area contributed by atoms with E-state index in [1.165, 1.54) is 0 Å². The number of amides is 1. The number of aromatic nitrogens is 3. The Morgan fingerprint density at radius 1 is 0.971 bits per heavy atom. The highest BCUT2D eigenvalue weighted by Crippen LogP contribution is 2.21. The number of benzene rings is 1. The molecule has 1 fully saturated rings. The summed E-state index contributed by atoms with van der Waals surface area (Å²) in [5.41, 5.74) is 6.24. The van der Waals surface area contributed by atoms with E-state index in [9.17, 15) is 4.79 Å². The Kier molecular flexibility index (Phi) is 10.8. The lowest BCUT2D eigenvalue weighted by Crippen LogP contribution is -2.27. The van der Waals surface area contributed by atoms with Gasteiger partial charge < -0.3 is 35.5 Å². The monoisotopic (exact) mass is 473 g/mol. The number of methoxy groups -OCH3 is 1. The van der Waals surface area contributed by atoms with Gasteiger partial charge in [-0.2, -0.15) is 15.0 Å². The summed E-state index contributed by atoms with van der Waals surface area (Å²) in [4.78, 5) is 27.3. The number of nitrogens with zero attached hydrogens (tertiary/aromatic N) is 4. The molecule has 34 heavy (non-hydrogen) atoms. The quantitative estimate of drug-likeness (QED) is 0.307. The van der Waals surface area contributed by atoms with Gasteiger partial charge in [-0.3, -0.25) is 4.79 Å². The van der Waals surface area contributed by atoms with Crippen LogP contribution in [0.25, 0.3) is 11.4 Å². The van der Waals surface area contributed by atoms with Crippen molar-refractivity contribution in [3.8, 4) is 17.1 Å². The number of nitrogens with two attached hydrogens (primary N) is 1. The lowest BCUT2D eigenvalue weighted by molar-refractivity contribution is -0.127. The van der Waals surface area contributed by atoms with E-state index in [1.807, 2.05) is 29.2 Å². The van der Waals surface area contributed by atoms with Crippen LogP contribution in [-0.4, -0.2) is 92.0 Å². The molecule has 0 spiro atoms. The molecular formula is C23H35N7O4. The Morgan fingerprint density at radius 3 is 2.32 bits per heavy atom. The van der Waals surface area contributed by atoms with Crippen LogP contribution in [0.2, 0.25) is 0 Å². The van der Waals surface area contributed by atoms with E-state index in [4.69, 9.17) is 19.9 Å². The van der Waals surface area contributed by atoms with E-state index in [1.54, 1.807) is 7.11 Å². The Bertz CT molecular complexity index is 882. The molecule has 1 amide bonds.